The highest BCUT2D eigenvalue weighted by Gasteiger charge is 2.35. The van der Waals surface area contributed by atoms with Crippen LogP contribution in [-0.2, 0) is 18.0 Å². The molecule has 20 heavy (non-hydrogen) atoms. The number of esters is 1. The molecule has 2 aromatic heterocycles. The molecule has 0 radical (unpaired) electrons. The van der Waals surface area contributed by atoms with Gasteiger partial charge in [-0.15, -0.1) is 11.3 Å². The van der Waals surface area contributed by atoms with Crippen LogP contribution < -0.4 is 0 Å². The van der Waals surface area contributed by atoms with Crippen molar-refractivity contribution in [1.82, 2.24) is 14.8 Å². The van der Waals surface area contributed by atoms with Crippen molar-refractivity contribution in [2.45, 2.75) is 13.1 Å². The number of hydrogen-bond donors (Lipinski definition) is 0. The highest BCUT2D eigenvalue weighted by Crippen LogP contribution is 2.32. The fourth-order valence-corrected chi connectivity index (χ4v) is 2.35. The van der Waals surface area contributed by atoms with Crippen LogP contribution in [0.2, 0.25) is 0 Å². The highest BCUT2D eigenvalue weighted by molar-refractivity contribution is 7.16. The van der Waals surface area contributed by atoms with E-state index >= 15 is 0 Å². The van der Waals surface area contributed by atoms with Crippen LogP contribution in [0.4, 0.5) is 13.2 Å². The second kappa shape index (κ2) is 5.23. The minimum atomic E-state index is -4.52. The molecule has 5 nitrogen and oxygen atoms in total. The molecule has 0 unspecified atom stereocenters. The van der Waals surface area contributed by atoms with Crippen molar-refractivity contribution < 1.29 is 22.7 Å². The fourth-order valence-electron chi connectivity index (χ4n) is 1.50. The molecule has 2 heterocycles. The zero-order chi connectivity index (χ0) is 14.9. The van der Waals surface area contributed by atoms with Gasteiger partial charge in [0, 0.05) is 7.05 Å². The summed E-state index contributed by atoms with van der Waals surface area (Å²) in [5.41, 5.74) is -0.805. The molecule has 0 N–H and O–H groups in total. The van der Waals surface area contributed by atoms with Gasteiger partial charge in [0.2, 0.25) is 0 Å². The smallest absolute Gasteiger partial charge is 0.435 e. The van der Waals surface area contributed by atoms with E-state index in [4.69, 9.17) is 4.74 Å². The van der Waals surface area contributed by atoms with Gasteiger partial charge in [-0.3, -0.25) is 4.68 Å². The molecule has 0 atom stereocenters. The summed E-state index contributed by atoms with van der Waals surface area (Å²) in [7, 11) is 1.38. The summed E-state index contributed by atoms with van der Waals surface area (Å²) in [4.78, 5) is 15.7. The molecule has 0 bridgehead atoms. The molecule has 0 aliphatic heterocycles. The Balaban J connectivity index is 2.33. The number of carbonyl (C=O) groups is 1. The third kappa shape index (κ3) is 2.82. The number of ether oxygens (including phenoxy) is 1. The van der Waals surface area contributed by atoms with Crippen molar-refractivity contribution >= 4 is 17.3 Å². The Morgan fingerprint density at radius 2 is 2.20 bits per heavy atom. The molecule has 0 aliphatic rings. The molecule has 0 saturated carbocycles. The van der Waals surface area contributed by atoms with E-state index in [1.807, 2.05) is 0 Å². The first-order valence-electron chi connectivity index (χ1n) is 5.57. The van der Waals surface area contributed by atoms with Crippen molar-refractivity contribution in [1.29, 1.82) is 0 Å². The Hall–Kier alpha value is -1.90. The summed E-state index contributed by atoms with van der Waals surface area (Å²) < 4.78 is 43.6. The summed E-state index contributed by atoms with van der Waals surface area (Å²) in [6, 6.07) is 0.897. The summed E-state index contributed by atoms with van der Waals surface area (Å²) >= 11 is 0.958. The molecule has 0 aromatic carbocycles. The Bertz CT molecular complexity index is 633. The molecule has 0 aliphatic carbocycles. The van der Waals surface area contributed by atoms with Gasteiger partial charge in [0.15, 0.2) is 5.69 Å². The first-order valence-corrected chi connectivity index (χ1v) is 6.39. The lowest BCUT2D eigenvalue weighted by atomic mass is 10.3. The standard InChI is InChI=1S/C11H10F3N3O2S/c1-3-19-10(18)7-5-15-9(20-7)6-4-8(11(12,13)14)16-17(6)2/h4-5H,3H2,1-2H3. The predicted molar refractivity (Wildman–Crippen MR) is 65.3 cm³/mol. The number of carbonyl (C=O) groups excluding carboxylic acids is 1. The van der Waals surface area contributed by atoms with Gasteiger partial charge in [0.25, 0.3) is 0 Å². The zero-order valence-corrected chi connectivity index (χ0v) is 11.4. The third-order valence-electron chi connectivity index (χ3n) is 2.37. The van der Waals surface area contributed by atoms with Gasteiger partial charge < -0.3 is 4.74 Å². The maximum atomic E-state index is 12.6. The molecule has 2 aromatic rings. The molecule has 9 heteroatoms. The lowest BCUT2D eigenvalue weighted by molar-refractivity contribution is -0.141. The van der Waals surface area contributed by atoms with Crippen molar-refractivity contribution in [2.24, 2.45) is 7.05 Å². The Kier molecular flexibility index (Phi) is 3.80. The van der Waals surface area contributed by atoms with Gasteiger partial charge >= 0.3 is 12.1 Å². The Morgan fingerprint density at radius 3 is 2.75 bits per heavy atom. The van der Waals surface area contributed by atoms with Crippen molar-refractivity contribution in [2.75, 3.05) is 6.61 Å². The number of rotatable bonds is 3. The Morgan fingerprint density at radius 1 is 1.50 bits per heavy atom. The molecule has 0 spiro atoms. The van der Waals surface area contributed by atoms with Crippen LogP contribution in [-0.4, -0.2) is 27.3 Å². The summed E-state index contributed by atoms with van der Waals surface area (Å²) in [5.74, 6) is -0.547. The number of aryl methyl sites for hydroxylation is 1. The minimum Gasteiger partial charge on any atom is -0.462 e. The van der Waals surface area contributed by atoms with Gasteiger partial charge in [-0.2, -0.15) is 18.3 Å². The number of hydrogen-bond acceptors (Lipinski definition) is 5. The van der Waals surface area contributed by atoms with Crippen LogP contribution in [0.5, 0.6) is 0 Å². The molecule has 0 saturated heterocycles. The normalized spacial score (nSPS) is 11.7. The van der Waals surface area contributed by atoms with Crippen LogP contribution in [0, 0.1) is 0 Å². The summed E-state index contributed by atoms with van der Waals surface area (Å²) in [6.45, 7) is 1.88. The van der Waals surface area contributed by atoms with Crippen LogP contribution in [0.1, 0.15) is 22.3 Å². The van der Waals surface area contributed by atoms with Crippen molar-refractivity contribution in [3.8, 4) is 10.7 Å². The number of nitrogens with zero attached hydrogens (tertiary/aromatic N) is 3. The van der Waals surface area contributed by atoms with E-state index in [1.165, 1.54) is 13.2 Å². The van der Waals surface area contributed by atoms with E-state index < -0.39 is 17.8 Å². The van der Waals surface area contributed by atoms with E-state index in [9.17, 15) is 18.0 Å². The van der Waals surface area contributed by atoms with Crippen LogP contribution >= 0.6 is 11.3 Å². The average molecular weight is 305 g/mol. The lowest BCUT2D eigenvalue weighted by Gasteiger charge is -1.98. The number of alkyl halides is 3. The third-order valence-corrected chi connectivity index (χ3v) is 3.37. The second-order valence-corrected chi connectivity index (χ2v) is 4.82. The van der Waals surface area contributed by atoms with Crippen LogP contribution in [0.15, 0.2) is 12.3 Å². The van der Waals surface area contributed by atoms with E-state index in [0.717, 1.165) is 22.1 Å². The van der Waals surface area contributed by atoms with E-state index in [1.54, 1.807) is 6.92 Å². The lowest BCUT2D eigenvalue weighted by Crippen LogP contribution is -2.06. The topological polar surface area (TPSA) is 57.0 Å². The van der Waals surface area contributed by atoms with Gasteiger partial charge in [-0.05, 0) is 13.0 Å². The number of thiazole rings is 1. The molecular formula is C11H10F3N3O2S. The first-order chi connectivity index (χ1) is 9.32. The largest absolute Gasteiger partial charge is 0.462 e. The fraction of sp³-hybridized carbons (Fsp3) is 0.364. The Labute approximate surface area is 116 Å². The molecular weight excluding hydrogens is 295 g/mol. The van der Waals surface area contributed by atoms with Crippen LogP contribution in [0.3, 0.4) is 0 Å². The summed E-state index contributed by atoms with van der Waals surface area (Å²) in [6.07, 6.45) is -3.24. The van der Waals surface area contributed by atoms with Gasteiger partial charge in [-0.25, -0.2) is 9.78 Å². The minimum absolute atomic E-state index is 0.192. The highest BCUT2D eigenvalue weighted by atomic mass is 32.1. The zero-order valence-electron chi connectivity index (χ0n) is 10.6. The van der Waals surface area contributed by atoms with Gasteiger partial charge in [0.05, 0.1) is 18.5 Å². The maximum absolute atomic E-state index is 12.6. The first kappa shape index (κ1) is 14.5. The van der Waals surface area contributed by atoms with Crippen molar-refractivity contribution in [3.05, 3.63) is 22.8 Å². The average Bonchev–Trinajstić information content (AvgIpc) is 2.94. The monoisotopic (exact) mass is 305 g/mol. The molecule has 0 amide bonds. The second-order valence-electron chi connectivity index (χ2n) is 3.79. The van der Waals surface area contributed by atoms with E-state index in [-0.39, 0.29) is 22.2 Å². The van der Waals surface area contributed by atoms with Crippen molar-refractivity contribution in [3.63, 3.8) is 0 Å². The van der Waals surface area contributed by atoms with Crippen LogP contribution in [0.25, 0.3) is 10.7 Å². The summed E-state index contributed by atoms with van der Waals surface area (Å²) in [5, 5.41) is 3.67. The molecule has 2 rings (SSSR count). The maximum Gasteiger partial charge on any atom is 0.435 e. The SMILES string of the molecule is CCOC(=O)c1cnc(-c2cc(C(F)(F)F)nn2C)s1. The van der Waals surface area contributed by atoms with E-state index in [2.05, 4.69) is 10.1 Å². The predicted octanol–water partition coefficient (Wildman–Crippen LogP) is 2.74. The molecule has 108 valence electrons. The number of aromatic nitrogens is 3. The van der Waals surface area contributed by atoms with E-state index in [0.29, 0.717) is 0 Å². The van der Waals surface area contributed by atoms with Gasteiger partial charge in [-0.1, -0.05) is 0 Å². The quantitative estimate of drug-likeness (QED) is 0.818. The number of halogens is 3. The molecule has 0 fully saturated rings. The van der Waals surface area contributed by atoms with Gasteiger partial charge in [0.1, 0.15) is 9.88 Å².